The summed E-state index contributed by atoms with van der Waals surface area (Å²) in [5, 5.41) is 38.7. The molecule has 4 aromatic carbocycles. The Morgan fingerprint density at radius 3 is 1.03 bits per heavy atom. The second-order valence-electron chi connectivity index (χ2n) is 6.61. The third-order valence-corrected chi connectivity index (χ3v) is 6.05. The molecule has 0 heterocycles. The van der Waals surface area contributed by atoms with Crippen LogP contribution in [0.25, 0.3) is 21.5 Å². The maximum Gasteiger partial charge on any atom is 2.00 e. The van der Waals surface area contributed by atoms with Gasteiger partial charge in [0.2, 0.25) is 0 Å². The van der Waals surface area contributed by atoms with Gasteiger partial charge in [-0.3, -0.25) is 0 Å². The van der Waals surface area contributed by atoms with Gasteiger partial charge in [-0.1, -0.05) is 12.1 Å². The van der Waals surface area contributed by atoms with Gasteiger partial charge in [-0.25, -0.2) is 16.8 Å². The first-order valence-corrected chi connectivity index (χ1v) is 11.4. The topological polar surface area (TPSA) is 195 Å². The molecule has 0 saturated heterocycles. The van der Waals surface area contributed by atoms with E-state index in [1.807, 2.05) is 0 Å². The van der Waals surface area contributed by atoms with Gasteiger partial charge in [0.1, 0.15) is 20.2 Å². The zero-order valence-electron chi connectivity index (χ0n) is 16.5. The van der Waals surface area contributed by atoms with Gasteiger partial charge in [-0.15, -0.1) is 0 Å². The number of hydrogen-bond donors (Lipinski definition) is 4. The average Bonchev–Trinajstić information content (AvgIpc) is 2.68. The van der Waals surface area contributed by atoms with Crippen molar-refractivity contribution in [2.45, 2.75) is 9.79 Å². The van der Waals surface area contributed by atoms with E-state index in [9.17, 15) is 46.4 Å². The van der Waals surface area contributed by atoms with Crippen LogP contribution < -0.4 is 0 Å². The molecular formula is C20H14O10S2Sr. The van der Waals surface area contributed by atoms with Crippen molar-refractivity contribution in [1.29, 1.82) is 0 Å². The Labute approximate surface area is 225 Å². The quantitative estimate of drug-likeness (QED) is 0.158. The van der Waals surface area contributed by atoms with E-state index in [4.69, 9.17) is 0 Å². The first-order chi connectivity index (χ1) is 14.8. The molecular weight excluding hydrogens is 552 g/mol. The van der Waals surface area contributed by atoms with Gasteiger partial charge >= 0.3 is 45.5 Å². The molecule has 0 fully saturated rings. The summed E-state index contributed by atoms with van der Waals surface area (Å²) in [4.78, 5) is -0.741. The molecule has 4 N–H and O–H groups in total. The standard InChI is InChI=1S/2C10H8O5S.Sr/c2*11-9-4-6-1-2-8(16(13,14)15)3-7(6)5-10(9)12;/h2*1-5,11-12H,(H,13,14,15);/q;;+2/p-2. The largest absolute Gasteiger partial charge is 2.00 e. The summed E-state index contributed by atoms with van der Waals surface area (Å²) in [6, 6.07) is 12.3. The maximum atomic E-state index is 10.8. The second kappa shape index (κ2) is 10.0. The van der Waals surface area contributed by atoms with Crippen molar-refractivity contribution in [3.05, 3.63) is 60.7 Å². The summed E-state index contributed by atoms with van der Waals surface area (Å²) < 4.78 is 64.6. The smallest absolute Gasteiger partial charge is 0.744 e. The minimum atomic E-state index is -4.51. The van der Waals surface area contributed by atoms with Crippen LogP contribution in [0.4, 0.5) is 0 Å². The molecule has 0 spiro atoms. The zero-order chi connectivity index (χ0) is 23.8. The van der Waals surface area contributed by atoms with Crippen LogP contribution >= 0.6 is 0 Å². The van der Waals surface area contributed by atoms with Crippen LogP contribution in [0.2, 0.25) is 0 Å². The number of phenols is 4. The van der Waals surface area contributed by atoms with Crippen molar-refractivity contribution >= 4 is 87.3 Å². The molecule has 0 bridgehead atoms. The molecule has 0 saturated carbocycles. The molecule has 4 rings (SSSR count). The normalized spacial score (nSPS) is 11.5. The number of fused-ring (bicyclic) bond motifs is 2. The Balaban J connectivity index is 0.000000227. The van der Waals surface area contributed by atoms with Crippen LogP contribution in [0.3, 0.4) is 0 Å². The Morgan fingerprint density at radius 1 is 0.485 bits per heavy atom. The summed E-state index contributed by atoms with van der Waals surface area (Å²) in [6.07, 6.45) is 0. The van der Waals surface area contributed by atoms with Gasteiger partial charge in [-0.05, 0) is 70.1 Å². The molecule has 0 aliphatic heterocycles. The Bertz CT molecular complexity index is 1450. The predicted molar refractivity (Wildman–Crippen MR) is 116 cm³/mol. The van der Waals surface area contributed by atoms with Crippen LogP contribution in [0.15, 0.2) is 70.5 Å². The van der Waals surface area contributed by atoms with E-state index >= 15 is 0 Å². The van der Waals surface area contributed by atoms with Crippen LogP contribution in [-0.2, 0) is 20.2 Å². The summed E-state index contributed by atoms with van der Waals surface area (Å²) >= 11 is 0. The molecule has 0 unspecified atom stereocenters. The molecule has 0 atom stereocenters. The second-order valence-corrected chi connectivity index (χ2v) is 9.37. The Hall–Kier alpha value is -2.10. The van der Waals surface area contributed by atoms with Gasteiger partial charge < -0.3 is 29.5 Å². The Morgan fingerprint density at radius 2 is 0.758 bits per heavy atom. The van der Waals surface area contributed by atoms with Crippen molar-refractivity contribution in [3.63, 3.8) is 0 Å². The average molecular weight is 566 g/mol. The Kier molecular flexibility index (Phi) is 8.25. The minimum Gasteiger partial charge on any atom is -0.744 e. The molecule has 10 nitrogen and oxygen atoms in total. The fourth-order valence-electron chi connectivity index (χ4n) is 2.81. The molecule has 0 amide bonds. The molecule has 33 heavy (non-hydrogen) atoms. The van der Waals surface area contributed by atoms with Gasteiger partial charge in [0.25, 0.3) is 0 Å². The van der Waals surface area contributed by atoms with Gasteiger partial charge in [0.15, 0.2) is 23.0 Å². The van der Waals surface area contributed by atoms with Gasteiger partial charge in [0, 0.05) is 0 Å². The van der Waals surface area contributed by atoms with E-state index in [2.05, 4.69) is 0 Å². The summed E-state index contributed by atoms with van der Waals surface area (Å²) in [7, 11) is -9.02. The molecule has 0 radical (unpaired) electrons. The molecule has 0 aliphatic carbocycles. The monoisotopic (exact) mass is 566 g/mol. The number of rotatable bonds is 2. The first-order valence-electron chi connectivity index (χ1n) is 8.59. The van der Waals surface area contributed by atoms with Crippen molar-refractivity contribution < 1.29 is 46.4 Å². The van der Waals surface area contributed by atoms with Crippen LogP contribution in [0.1, 0.15) is 0 Å². The van der Waals surface area contributed by atoms with Crippen molar-refractivity contribution in [2.75, 3.05) is 0 Å². The number of aromatic hydroxyl groups is 4. The number of benzene rings is 4. The van der Waals surface area contributed by atoms with E-state index in [1.54, 1.807) is 0 Å². The fourth-order valence-corrected chi connectivity index (χ4v) is 3.83. The third-order valence-electron chi connectivity index (χ3n) is 4.39. The predicted octanol–water partition coefficient (Wildman–Crippen LogP) is 1.93. The van der Waals surface area contributed by atoms with E-state index in [1.165, 1.54) is 36.4 Å². The molecule has 0 aromatic heterocycles. The number of phenolic OH excluding ortho intramolecular Hbond substituents is 4. The van der Waals surface area contributed by atoms with Crippen molar-refractivity contribution in [3.8, 4) is 23.0 Å². The van der Waals surface area contributed by atoms with Crippen molar-refractivity contribution in [1.82, 2.24) is 0 Å². The van der Waals surface area contributed by atoms with E-state index < -0.39 is 20.2 Å². The van der Waals surface area contributed by atoms with E-state index in [-0.39, 0.29) is 78.3 Å². The molecule has 0 aliphatic rings. The summed E-state index contributed by atoms with van der Waals surface area (Å²) in [6.45, 7) is 0. The van der Waals surface area contributed by atoms with Gasteiger partial charge in [0.05, 0.1) is 9.79 Å². The summed E-state index contributed by atoms with van der Waals surface area (Å²) in [5.74, 6) is -1.34. The van der Waals surface area contributed by atoms with Gasteiger partial charge in [-0.2, -0.15) is 0 Å². The summed E-state index contributed by atoms with van der Waals surface area (Å²) in [5.41, 5.74) is 0. The number of hydrogen-bond acceptors (Lipinski definition) is 10. The zero-order valence-corrected chi connectivity index (χ0v) is 21.6. The van der Waals surface area contributed by atoms with Crippen molar-refractivity contribution in [2.24, 2.45) is 0 Å². The first kappa shape index (κ1) is 27.1. The van der Waals surface area contributed by atoms with Crippen LogP contribution in [0, 0.1) is 0 Å². The minimum absolute atomic E-state index is 0. The SMILES string of the molecule is O=S(=O)([O-])c1ccc2cc(O)c(O)cc2c1.O=S(=O)([O-])c1ccc2cc(O)c(O)cc2c1.[Sr+2]. The van der Waals surface area contributed by atoms with Crippen LogP contribution in [-0.4, -0.2) is 91.8 Å². The molecule has 13 heteroatoms. The van der Waals surface area contributed by atoms with Crippen LogP contribution in [0.5, 0.6) is 23.0 Å². The maximum absolute atomic E-state index is 10.8. The molecule has 4 aromatic rings. The van der Waals surface area contributed by atoms with E-state index in [0.29, 0.717) is 21.5 Å². The molecule has 168 valence electrons. The van der Waals surface area contributed by atoms with E-state index in [0.717, 1.165) is 24.3 Å². The fraction of sp³-hybridized carbons (Fsp3) is 0. The third kappa shape index (κ3) is 6.49.